The molecular formula is C34H29BrClFN6O4. The van der Waals surface area contributed by atoms with E-state index in [1.807, 2.05) is 19.1 Å². The highest BCUT2D eigenvalue weighted by Gasteiger charge is 2.35. The summed E-state index contributed by atoms with van der Waals surface area (Å²) >= 11 is 9.66. The van der Waals surface area contributed by atoms with Gasteiger partial charge in [-0.25, -0.2) is 13.9 Å². The van der Waals surface area contributed by atoms with Gasteiger partial charge in [-0.15, -0.1) is 0 Å². The predicted octanol–water partition coefficient (Wildman–Crippen LogP) is 5.90. The topological polar surface area (TPSA) is 103 Å². The Kier molecular flexibility index (Phi) is 8.23. The van der Waals surface area contributed by atoms with Crippen LogP contribution in [0, 0.1) is 5.82 Å². The molecule has 240 valence electrons. The highest BCUT2D eigenvalue weighted by Crippen LogP contribution is 2.30. The second-order valence-corrected chi connectivity index (χ2v) is 12.9. The Morgan fingerprint density at radius 3 is 2.57 bits per heavy atom. The molecule has 1 aliphatic heterocycles. The molecule has 1 atom stereocenters. The van der Waals surface area contributed by atoms with E-state index >= 15 is 0 Å². The van der Waals surface area contributed by atoms with E-state index in [-0.39, 0.29) is 49.1 Å². The zero-order valence-electron chi connectivity index (χ0n) is 25.2. The maximum Gasteiger partial charge on any atom is 0.333 e. The van der Waals surface area contributed by atoms with Gasteiger partial charge in [-0.05, 0) is 89.8 Å². The average molecular weight is 720 g/mol. The van der Waals surface area contributed by atoms with E-state index in [2.05, 4.69) is 26.3 Å². The third kappa shape index (κ3) is 6.10. The molecule has 1 N–H and O–H groups in total. The number of amides is 2. The molecule has 5 aromatic rings. The van der Waals surface area contributed by atoms with Crippen LogP contribution in [0.1, 0.15) is 51.9 Å². The first-order chi connectivity index (χ1) is 22.7. The number of fused-ring (bicyclic) bond motifs is 1. The van der Waals surface area contributed by atoms with Crippen LogP contribution in [0.3, 0.4) is 0 Å². The van der Waals surface area contributed by atoms with Crippen molar-refractivity contribution in [2.75, 3.05) is 0 Å². The number of hydrogen-bond acceptors (Lipinski definition) is 5. The normalized spacial score (nSPS) is 15.7. The van der Waals surface area contributed by atoms with Crippen molar-refractivity contribution in [2.45, 2.75) is 51.5 Å². The highest BCUT2D eigenvalue weighted by atomic mass is 79.9. The second-order valence-electron chi connectivity index (χ2n) is 11.7. The standard InChI is InChI=1S/C34H29BrClFN6O4/c1-20-17-41-30(19-40(20)33(45)21-6-13-27(35)28(36)14-21)31(43(34(41)46)24-7-9-25(10-8-24)47-26-11-12-26)32(44)38-15-22-4-2-3-5-29(22)42-18-23(37)16-39-42/h2-10,13-14,16,18,20,26H,11-12,15,17,19H2,1H3,(H,38,44)/t20-/m1/s1. The van der Waals surface area contributed by atoms with Crippen LogP contribution in [0.15, 0.2) is 88.4 Å². The number of para-hydroxylation sites is 1. The zero-order valence-corrected chi connectivity index (χ0v) is 27.5. The summed E-state index contributed by atoms with van der Waals surface area (Å²) in [5.74, 6) is -0.582. The molecule has 0 bridgehead atoms. The molecule has 3 aromatic carbocycles. The van der Waals surface area contributed by atoms with Gasteiger partial charge in [0.05, 0.1) is 47.1 Å². The number of carbonyl (C=O) groups excluding carboxylic acids is 2. The van der Waals surface area contributed by atoms with Crippen LogP contribution in [0.2, 0.25) is 5.02 Å². The van der Waals surface area contributed by atoms with Crippen LogP contribution in [0.4, 0.5) is 4.39 Å². The highest BCUT2D eigenvalue weighted by molar-refractivity contribution is 9.10. The Labute approximate surface area is 282 Å². The summed E-state index contributed by atoms with van der Waals surface area (Å²) in [6.45, 7) is 2.14. The van der Waals surface area contributed by atoms with E-state index in [0.717, 1.165) is 19.0 Å². The number of ether oxygens (including phenoxy) is 1. The summed E-state index contributed by atoms with van der Waals surface area (Å²) in [5.41, 5.74) is 2.30. The molecule has 13 heteroatoms. The molecular weight excluding hydrogens is 691 g/mol. The molecule has 2 aromatic heterocycles. The van der Waals surface area contributed by atoms with Crippen molar-refractivity contribution in [3.8, 4) is 17.1 Å². The number of halogens is 3. The number of rotatable bonds is 8. The third-order valence-corrected chi connectivity index (χ3v) is 9.57. The number of nitrogens with one attached hydrogen (secondary N) is 1. The van der Waals surface area contributed by atoms with Crippen LogP contribution < -0.4 is 15.7 Å². The van der Waals surface area contributed by atoms with Gasteiger partial charge < -0.3 is 15.0 Å². The molecule has 1 saturated carbocycles. The summed E-state index contributed by atoms with van der Waals surface area (Å²) in [6, 6.07) is 18.9. The van der Waals surface area contributed by atoms with Crippen LogP contribution in [0.25, 0.3) is 11.4 Å². The molecule has 7 rings (SSSR count). The fraction of sp³-hybridized carbons (Fsp3) is 0.235. The monoisotopic (exact) mass is 718 g/mol. The van der Waals surface area contributed by atoms with Crippen LogP contribution in [-0.4, -0.2) is 47.8 Å². The minimum absolute atomic E-state index is 0.0186. The van der Waals surface area contributed by atoms with E-state index in [1.165, 1.54) is 15.4 Å². The summed E-state index contributed by atoms with van der Waals surface area (Å²) in [4.78, 5) is 43.6. The van der Waals surface area contributed by atoms with E-state index in [0.29, 0.717) is 43.4 Å². The van der Waals surface area contributed by atoms with Gasteiger partial charge >= 0.3 is 5.69 Å². The summed E-state index contributed by atoms with van der Waals surface area (Å²) < 4.78 is 24.7. The number of aromatic nitrogens is 4. The van der Waals surface area contributed by atoms with E-state index in [4.69, 9.17) is 16.3 Å². The second kappa shape index (κ2) is 12.5. The zero-order chi connectivity index (χ0) is 32.8. The Bertz CT molecular complexity index is 2070. The molecule has 0 radical (unpaired) electrons. The number of imidazole rings is 1. The van der Waals surface area contributed by atoms with Crippen molar-refractivity contribution < 1.29 is 18.7 Å². The van der Waals surface area contributed by atoms with Crippen LogP contribution in [-0.2, 0) is 19.6 Å². The average Bonchev–Trinajstić information content (AvgIpc) is 3.71. The maximum atomic E-state index is 14.2. The van der Waals surface area contributed by atoms with Gasteiger partial charge in [-0.3, -0.25) is 18.7 Å². The van der Waals surface area contributed by atoms with Crippen LogP contribution >= 0.6 is 27.5 Å². The number of hydrogen-bond donors (Lipinski definition) is 1. The molecule has 0 spiro atoms. The van der Waals surface area contributed by atoms with Crippen molar-refractivity contribution in [1.82, 2.24) is 29.1 Å². The Morgan fingerprint density at radius 1 is 1.11 bits per heavy atom. The smallest absolute Gasteiger partial charge is 0.333 e. The lowest BCUT2D eigenvalue weighted by Gasteiger charge is -2.34. The van der Waals surface area contributed by atoms with Crippen molar-refractivity contribution in [1.29, 1.82) is 0 Å². The van der Waals surface area contributed by atoms with Crippen molar-refractivity contribution >= 4 is 39.3 Å². The molecule has 3 heterocycles. The molecule has 47 heavy (non-hydrogen) atoms. The fourth-order valence-corrected chi connectivity index (χ4v) is 6.21. The Hall–Kier alpha value is -4.68. The largest absolute Gasteiger partial charge is 0.490 e. The predicted molar refractivity (Wildman–Crippen MR) is 177 cm³/mol. The first kappa shape index (κ1) is 30.9. The van der Waals surface area contributed by atoms with Gasteiger partial charge in [0.15, 0.2) is 5.82 Å². The maximum absolute atomic E-state index is 14.2. The summed E-state index contributed by atoms with van der Waals surface area (Å²) in [7, 11) is 0. The molecule has 2 aliphatic rings. The quantitative estimate of drug-likeness (QED) is 0.215. The number of benzene rings is 3. The van der Waals surface area contributed by atoms with Gasteiger partial charge in [-0.1, -0.05) is 29.8 Å². The lowest BCUT2D eigenvalue weighted by molar-refractivity contribution is 0.0610. The molecule has 0 unspecified atom stereocenters. The molecule has 1 aliphatic carbocycles. The Balaban J connectivity index is 1.26. The minimum atomic E-state index is -0.510. The van der Waals surface area contributed by atoms with Crippen molar-refractivity contribution in [3.05, 3.63) is 127 Å². The van der Waals surface area contributed by atoms with Gasteiger partial charge in [-0.2, -0.15) is 5.10 Å². The molecule has 1 fully saturated rings. The van der Waals surface area contributed by atoms with E-state index in [9.17, 15) is 18.8 Å². The van der Waals surface area contributed by atoms with Crippen LogP contribution in [0.5, 0.6) is 5.75 Å². The van der Waals surface area contributed by atoms with Crippen molar-refractivity contribution in [3.63, 3.8) is 0 Å². The number of nitrogens with zero attached hydrogens (tertiary/aromatic N) is 5. The summed E-state index contributed by atoms with van der Waals surface area (Å²) in [5, 5.41) is 7.42. The SMILES string of the molecule is C[C@@H]1Cn2c(c(C(=O)NCc3ccccc3-n3cc(F)cn3)n(-c3ccc(OC4CC4)cc3)c2=O)CN1C(=O)c1ccc(Br)c(Cl)c1. The lowest BCUT2D eigenvalue weighted by atomic mass is 10.1. The third-order valence-electron chi connectivity index (χ3n) is 8.34. The van der Waals surface area contributed by atoms with Gasteiger partial charge in [0.2, 0.25) is 0 Å². The first-order valence-corrected chi connectivity index (χ1v) is 16.3. The molecule has 10 nitrogen and oxygen atoms in total. The van der Waals surface area contributed by atoms with Gasteiger partial charge in [0, 0.05) is 29.2 Å². The van der Waals surface area contributed by atoms with Gasteiger partial charge in [0.1, 0.15) is 11.4 Å². The van der Waals surface area contributed by atoms with E-state index < -0.39 is 11.7 Å². The fourth-order valence-electron chi connectivity index (χ4n) is 5.78. The molecule has 2 amide bonds. The Morgan fingerprint density at radius 2 is 1.87 bits per heavy atom. The molecule has 0 saturated heterocycles. The van der Waals surface area contributed by atoms with Gasteiger partial charge in [0.25, 0.3) is 11.8 Å². The summed E-state index contributed by atoms with van der Waals surface area (Å²) in [6.07, 6.45) is 4.59. The number of carbonyl (C=O) groups is 2. The first-order valence-electron chi connectivity index (χ1n) is 15.1. The minimum Gasteiger partial charge on any atom is -0.490 e. The van der Waals surface area contributed by atoms with E-state index in [1.54, 1.807) is 64.1 Å². The van der Waals surface area contributed by atoms with Crippen molar-refractivity contribution in [2.24, 2.45) is 0 Å². The lowest BCUT2D eigenvalue weighted by Crippen LogP contribution is -2.47.